The molecule has 0 aromatic carbocycles. The van der Waals surface area contributed by atoms with Crippen LogP contribution in [-0.2, 0) is 17.8 Å². The monoisotopic (exact) mass is 267 g/mol. The summed E-state index contributed by atoms with van der Waals surface area (Å²) in [5.74, 6) is 0.948. The second-order valence-electron chi connectivity index (χ2n) is 5.51. The molecule has 0 atom stereocenters. The molecule has 0 amide bonds. The average Bonchev–Trinajstić information content (AvgIpc) is 3.13. The third kappa shape index (κ3) is 4.93. The smallest absolute Gasteiger partial charge is 0.151 e. The molecular weight excluding hydrogens is 242 g/mol. The molecule has 1 aliphatic carbocycles. The van der Waals surface area contributed by atoms with E-state index in [4.69, 9.17) is 9.26 Å². The molecular formula is C14H25N3O2. The van der Waals surface area contributed by atoms with Gasteiger partial charge < -0.3 is 14.6 Å². The fourth-order valence-corrected chi connectivity index (χ4v) is 2.06. The van der Waals surface area contributed by atoms with E-state index >= 15 is 0 Å². The van der Waals surface area contributed by atoms with E-state index < -0.39 is 0 Å². The first kappa shape index (κ1) is 14.5. The maximum Gasteiger partial charge on any atom is 0.151 e. The van der Waals surface area contributed by atoms with Crippen LogP contribution in [0.15, 0.2) is 10.6 Å². The van der Waals surface area contributed by atoms with Gasteiger partial charge in [0.25, 0.3) is 0 Å². The summed E-state index contributed by atoms with van der Waals surface area (Å²) in [4.78, 5) is 2.42. The minimum absolute atomic E-state index is 0.463. The van der Waals surface area contributed by atoms with Crippen molar-refractivity contribution in [3.63, 3.8) is 0 Å². The van der Waals surface area contributed by atoms with Crippen molar-refractivity contribution in [1.29, 1.82) is 0 Å². The molecule has 0 aliphatic heterocycles. The quantitative estimate of drug-likeness (QED) is 0.739. The van der Waals surface area contributed by atoms with Gasteiger partial charge in [0, 0.05) is 38.3 Å². The van der Waals surface area contributed by atoms with Gasteiger partial charge in [0.1, 0.15) is 0 Å². The van der Waals surface area contributed by atoms with Crippen molar-refractivity contribution < 1.29 is 9.26 Å². The molecule has 1 heterocycles. The van der Waals surface area contributed by atoms with Gasteiger partial charge in [-0.05, 0) is 12.8 Å². The van der Waals surface area contributed by atoms with Crippen LogP contribution in [0.5, 0.6) is 0 Å². The molecule has 2 rings (SSSR count). The first-order valence-electron chi connectivity index (χ1n) is 7.10. The predicted octanol–water partition coefficient (Wildman–Crippen LogP) is 1.78. The molecule has 0 spiro atoms. The lowest BCUT2D eigenvalue weighted by Gasteiger charge is -2.19. The van der Waals surface area contributed by atoms with E-state index in [-0.39, 0.29) is 0 Å². The molecule has 1 aliphatic rings. The minimum Gasteiger partial charge on any atom is -0.383 e. The van der Waals surface area contributed by atoms with Crippen molar-refractivity contribution in [3.8, 4) is 0 Å². The molecule has 1 N–H and O–H groups in total. The fraction of sp³-hybridized carbons (Fsp3) is 0.786. The third-order valence-corrected chi connectivity index (χ3v) is 3.30. The van der Waals surface area contributed by atoms with Crippen LogP contribution in [0.2, 0.25) is 0 Å². The topological polar surface area (TPSA) is 50.5 Å². The second kappa shape index (κ2) is 7.03. The molecule has 108 valence electrons. The Labute approximate surface area is 115 Å². The Morgan fingerprint density at radius 1 is 1.53 bits per heavy atom. The van der Waals surface area contributed by atoms with Crippen molar-refractivity contribution in [1.82, 2.24) is 15.4 Å². The Bertz CT molecular complexity index is 375. The Morgan fingerprint density at radius 2 is 2.32 bits per heavy atom. The van der Waals surface area contributed by atoms with Crippen LogP contribution in [0.25, 0.3) is 0 Å². The van der Waals surface area contributed by atoms with E-state index in [2.05, 4.69) is 35.3 Å². The molecule has 1 aromatic heterocycles. The van der Waals surface area contributed by atoms with Crippen LogP contribution in [0.3, 0.4) is 0 Å². The maximum absolute atomic E-state index is 5.41. The normalized spacial score (nSPS) is 15.6. The third-order valence-electron chi connectivity index (χ3n) is 3.30. The van der Waals surface area contributed by atoms with E-state index in [1.165, 1.54) is 12.8 Å². The largest absolute Gasteiger partial charge is 0.383 e. The number of rotatable bonds is 9. The Morgan fingerprint density at radius 3 is 2.95 bits per heavy atom. The summed E-state index contributed by atoms with van der Waals surface area (Å²) in [6.45, 7) is 7.58. The summed E-state index contributed by atoms with van der Waals surface area (Å²) < 4.78 is 10.6. The lowest BCUT2D eigenvalue weighted by molar-refractivity contribution is 0.132. The van der Waals surface area contributed by atoms with Crippen LogP contribution in [-0.4, -0.2) is 42.4 Å². The fourth-order valence-electron chi connectivity index (χ4n) is 2.06. The lowest BCUT2D eigenvalue weighted by Crippen LogP contribution is -2.29. The highest BCUT2D eigenvalue weighted by atomic mass is 16.5. The van der Waals surface area contributed by atoms with Crippen LogP contribution >= 0.6 is 0 Å². The summed E-state index contributed by atoms with van der Waals surface area (Å²) in [6, 6.07) is 3.22. The second-order valence-corrected chi connectivity index (χ2v) is 5.51. The zero-order valence-electron chi connectivity index (χ0n) is 12.2. The van der Waals surface area contributed by atoms with Crippen LogP contribution in [0, 0.1) is 0 Å². The van der Waals surface area contributed by atoms with Crippen molar-refractivity contribution in [2.24, 2.45) is 0 Å². The molecule has 1 saturated carbocycles. The maximum atomic E-state index is 5.41. The molecule has 0 bridgehead atoms. The van der Waals surface area contributed by atoms with Crippen molar-refractivity contribution in [3.05, 3.63) is 17.5 Å². The Balaban J connectivity index is 1.83. The highest BCUT2D eigenvalue weighted by Crippen LogP contribution is 2.28. The van der Waals surface area contributed by atoms with Gasteiger partial charge in [-0.1, -0.05) is 19.0 Å². The summed E-state index contributed by atoms with van der Waals surface area (Å²) in [5, 5.41) is 7.45. The van der Waals surface area contributed by atoms with E-state index in [1.807, 2.05) is 0 Å². The number of nitrogens with zero attached hydrogens (tertiary/aromatic N) is 2. The molecule has 19 heavy (non-hydrogen) atoms. The molecule has 5 nitrogen and oxygen atoms in total. The molecule has 0 saturated heterocycles. The van der Waals surface area contributed by atoms with Gasteiger partial charge in [0.05, 0.1) is 18.8 Å². The number of nitrogens with one attached hydrogen (secondary N) is 1. The molecule has 1 aromatic rings. The van der Waals surface area contributed by atoms with Crippen molar-refractivity contribution in [2.75, 3.05) is 20.3 Å². The van der Waals surface area contributed by atoms with Crippen LogP contribution < -0.4 is 5.32 Å². The summed E-state index contributed by atoms with van der Waals surface area (Å²) in [7, 11) is 1.75. The van der Waals surface area contributed by atoms with Crippen molar-refractivity contribution >= 4 is 0 Å². The highest BCUT2D eigenvalue weighted by Gasteiger charge is 2.29. The first-order valence-corrected chi connectivity index (χ1v) is 7.10. The van der Waals surface area contributed by atoms with E-state index in [0.29, 0.717) is 12.1 Å². The first-order chi connectivity index (χ1) is 9.19. The number of methoxy groups -OCH3 is 1. The Hall–Kier alpha value is -0.910. The van der Waals surface area contributed by atoms with Crippen molar-refractivity contribution in [2.45, 2.75) is 51.9 Å². The van der Waals surface area contributed by atoms with Gasteiger partial charge in [-0.15, -0.1) is 0 Å². The molecule has 1 fully saturated rings. The van der Waals surface area contributed by atoms with Crippen LogP contribution in [0.4, 0.5) is 0 Å². The van der Waals surface area contributed by atoms with Gasteiger partial charge >= 0.3 is 0 Å². The highest BCUT2D eigenvalue weighted by molar-refractivity contribution is 5.06. The van der Waals surface area contributed by atoms with E-state index in [9.17, 15) is 0 Å². The Kier molecular flexibility index (Phi) is 5.36. The molecule has 5 heteroatoms. The average molecular weight is 267 g/mol. The SMILES string of the molecule is COCCN(Cc1cc(CNC(C)C)no1)C1CC1. The van der Waals surface area contributed by atoms with Gasteiger partial charge in [-0.3, -0.25) is 4.90 Å². The summed E-state index contributed by atoms with van der Waals surface area (Å²) in [6.07, 6.45) is 2.58. The molecule has 0 unspecified atom stereocenters. The van der Waals surface area contributed by atoms with Gasteiger partial charge in [-0.2, -0.15) is 0 Å². The van der Waals surface area contributed by atoms with E-state index in [1.54, 1.807) is 7.11 Å². The minimum atomic E-state index is 0.463. The lowest BCUT2D eigenvalue weighted by atomic mass is 10.3. The van der Waals surface area contributed by atoms with Crippen LogP contribution in [0.1, 0.15) is 38.1 Å². The van der Waals surface area contributed by atoms with Gasteiger partial charge in [-0.25, -0.2) is 0 Å². The number of hydrogen-bond donors (Lipinski definition) is 1. The zero-order valence-corrected chi connectivity index (χ0v) is 12.2. The number of aromatic nitrogens is 1. The predicted molar refractivity (Wildman–Crippen MR) is 73.8 cm³/mol. The van der Waals surface area contributed by atoms with Gasteiger partial charge in [0.15, 0.2) is 5.76 Å². The number of ether oxygens (including phenoxy) is 1. The standard InChI is InChI=1S/C14H25N3O2/c1-11(2)15-9-12-8-14(19-16-12)10-17(6-7-18-3)13-4-5-13/h8,11,13,15H,4-7,9-10H2,1-3H3. The number of hydrogen-bond acceptors (Lipinski definition) is 5. The summed E-state index contributed by atoms with van der Waals surface area (Å²) in [5.41, 5.74) is 0.978. The van der Waals surface area contributed by atoms with Gasteiger partial charge in [0.2, 0.25) is 0 Å². The summed E-state index contributed by atoms with van der Waals surface area (Å²) >= 11 is 0. The zero-order chi connectivity index (χ0) is 13.7. The molecule has 0 radical (unpaired) electrons. The van der Waals surface area contributed by atoms with E-state index in [0.717, 1.165) is 37.7 Å².